The summed E-state index contributed by atoms with van der Waals surface area (Å²) in [6.45, 7) is 0. The minimum atomic E-state index is 0.403. The third-order valence-corrected chi connectivity index (χ3v) is 4.42. The van der Waals surface area contributed by atoms with E-state index in [4.69, 9.17) is 27.9 Å². The van der Waals surface area contributed by atoms with Crippen LogP contribution in [0, 0.1) is 0 Å². The van der Waals surface area contributed by atoms with Crippen LogP contribution in [0.4, 0.5) is 5.82 Å². The molecule has 0 saturated heterocycles. The van der Waals surface area contributed by atoms with Crippen molar-refractivity contribution in [3.8, 4) is 17.0 Å². The lowest BCUT2D eigenvalue weighted by molar-refractivity contribution is 0.415. The zero-order valence-electron chi connectivity index (χ0n) is 12.0. The van der Waals surface area contributed by atoms with Crippen molar-refractivity contribution < 1.29 is 4.74 Å². The molecule has 4 N–H and O–H groups in total. The van der Waals surface area contributed by atoms with Gasteiger partial charge in [0.1, 0.15) is 17.3 Å². The molecular formula is C15H19ClN4O. The largest absolute Gasteiger partial charge is 0.495 e. The lowest BCUT2D eigenvalue weighted by Crippen LogP contribution is -2.17. The van der Waals surface area contributed by atoms with Crippen molar-refractivity contribution in [2.75, 3.05) is 18.7 Å². The molecule has 0 atom stereocenters. The summed E-state index contributed by atoms with van der Waals surface area (Å²) in [7, 11) is 1.59. The number of ether oxygens (including phenoxy) is 1. The third-order valence-electron chi connectivity index (χ3n) is 4.12. The summed E-state index contributed by atoms with van der Waals surface area (Å²) < 4.78 is 6.68. The minimum Gasteiger partial charge on any atom is -0.495 e. The molecule has 0 aliphatic heterocycles. The molecule has 5 nitrogen and oxygen atoms in total. The van der Waals surface area contributed by atoms with E-state index in [0.717, 1.165) is 24.2 Å². The minimum absolute atomic E-state index is 0.403. The van der Waals surface area contributed by atoms with Gasteiger partial charge in [-0.3, -0.25) is 0 Å². The first kappa shape index (κ1) is 14.1. The van der Waals surface area contributed by atoms with E-state index >= 15 is 0 Å². The van der Waals surface area contributed by atoms with Gasteiger partial charge in [0.05, 0.1) is 12.1 Å². The molecule has 0 bridgehead atoms. The zero-order chi connectivity index (χ0) is 15.0. The van der Waals surface area contributed by atoms with Crippen LogP contribution in [0.2, 0.25) is 5.02 Å². The maximum atomic E-state index is 6.17. The highest BCUT2D eigenvalue weighted by Crippen LogP contribution is 2.37. The molecule has 6 heteroatoms. The summed E-state index contributed by atoms with van der Waals surface area (Å²) in [6.07, 6.45) is 4.69. The number of hydrogen-bond acceptors (Lipinski definition) is 4. The van der Waals surface area contributed by atoms with Crippen LogP contribution in [0.5, 0.6) is 5.75 Å². The molecule has 1 fully saturated rings. The molecule has 3 rings (SSSR count). The second-order valence-electron chi connectivity index (χ2n) is 5.40. The number of nitrogen functional groups attached to an aromatic ring is 2. The Balaban J connectivity index is 2.02. The number of nitrogens with zero attached hydrogens (tertiary/aromatic N) is 2. The quantitative estimate of drug-likeness (QED) is 0.854. The van der Waals surface area contributed by atoms with Gasteiger partial charge in [-0.2, -0.15) is 0 Å². The molecule has 1 saturated carbocycles. The Morgan fingerprint density at radius 3 is 2.67 bits per heavy atom. The predicted octanol–water partition coefficient (Wildman–Crippen LogP) is 3.17. The Labute approximate surface area is 128 Å². The fourth-order valence-electron chi connectivity index (χ4n) is 2.96. The lowest BCUT2D eigenvalue weighted by atomic mass is 10.1. The van der Waals surface area contributed by atoms with Gasteiger partial charge in [-0.25, -0.2) is 9.66 Å². The maximum Gasteiger partial charge on any atom is 0.150 e. The molecule has 1 aliphatic rings. The van der Waals surface area contributed by atoms with Crippen LogP contribution in [0.3, 0.4) is 0 Å². The molecule has 0 amide bonds. The summed E-state index contributed by atoms with van der Waals surface area (Å²) >= 11 is 6.17. The van der Waals surface area contributed by atoms with Gasteiger partial charge in [-0.1, -0.05) is 24.4 Å². The standard InChI is InChI=1S/C15H19ClN4O/c1-21-12-7-6-10(8-11(12)16)13-14(17)20(18)15(19-13)9-4-2-3-5-9/h6-9H,2-5,17-18H2,1H3. The van der Waals surface area contributed by atoms with Gasteiger partial charge in [0.15, 0.2) is 5.82 Å². The highest BCUT2D eigenvalue weighted by Gasteiger charge is 2.25. The molecule has 0 radical (unpaired) electrons. The second kappa shape index (κ2) is 5.48. The monoisotopic (exact) mass is 306 g/mol. The van der Waals surface area contributed by atoms with Gasteiger partial charge >= 0.3 is 0 Å². The SMILES string of the molecule is COc1ccc(-c2nc(C3CCCC3)n(N)c2N)cc1Cl. The summed E-state index contributed by atoms with van der Waals surface area (Å²) in [6, 6.07) is 5.50. The molecular weight excluding hydrogens is 288 g/mol. The second-order valence-corrected chi connectivity index (χ2v) is 5.81. The van der Waals surface area contributed by atoms with Crippen LogP contribution in [-0.2, 0) is 0 Å². The van der Waals surface area contributed by atoms with Crippen LogP contribution >= 0.6 is 11.6 Å². The van der Waals surface area contributed by atoms with Crippen molar-refractivity contribution in [3.05, 3.63) is 29.0 Å². The molecule has 1 aromatic heterocycles. The third kappa shape index (κ3) is 2.42. The van der Waals surface area contributed by atoms with Gasteiger partial charge in [0, 0.05) is 11.5 Å². The molecule has 1 aliphatic carbocycles. The van der Waals surface area contributed by atoms with Gasteiger partial charge < -0.3 is 16.3 Å². The Morgan fingerprint density at radius 1 is 1.33 bits per heavy atom. The molecule has 0 unspecified atom stereocenters. The van der Waals surface area contributed by atoms with Gasteiger partial charge in [0.25, 0.3) is 0 Å². The van der Waals surface area contributed by atoms with Crippen molar-refractivity contribution in [3.63, 3.8) is 0 Å². The van der Waals surface area contributed by atoms with Crippen molar-refractivity contribution in [2.24, 2.45) is 0 Å². The summed E-state index contributed by atoms with van der Waals surface area (Å²) in [5, 5.41) is 0.531. The van der Waals surface area contributed by atoms with Gasteiger partial charge in [-0.15, -0.1) is 0 Å². The Bertz CT molecular complexity index is 662. The van der Waals surface area contributed by atoms with E-state index in [0.29, 0.717) is 28.2 Å². The number of benzene rings is 1. The van der Waals surface area contributed by atoms with Crippen LogP contribution in [0.15, 0.2) is 18.2 Å². The van der Waals surface area contributed by atoms with Crippen LogP contribution in [0.25, 0.3) is 11.3 Å². The van der Waals surface area contributed by atoms with E-state index in [-0.39, 0.29) is 0 Å². The van der Waals surface area contributed by atoms with E-state index in [2.05, 4.69) is 4.98 Å². The highest BCUT2D eigenvalue weighted by molar-refractivity contribution is 6.32. The van der Waals surface area contributed by atoms with E-state index in [9.17, 15) is 0 Å². The number of methoxy groups -OCH3 is 1. The first-order valence-electron chi connectivity index (χ1n) is 7.09. The summed E-state index contributed by atoms with van der Waals surface area (Å²) in [5.41, 5.74) is 7.66. The van der Waals surface area contributed by atoms with Crippen LogP contribution in [-0.4, -0.2) is 16.8 Å². The summed E-state index contributed by atoms with van der Waals surface area (Å²) in [5.74, 6) is 8.45. The van der Waals surface area contributed by atoms with E-state index in [1.54, 1.807) is 13.2 Å². The van der Waals surface area contributed by atoms with E-state index < -0.39 is 0 Å². The molecule has 112 valence electrons. The van der Waals surface area contributed by atoms with Crippen molar-refractivity contribution >= 4 is 17.4 Å². The number of hydrogen-bond donors (Lipinski definition) is 2. The first-order valence-corrected chi connectivity index (χ1v) is 7.46. The lowest BCUT2D eigenvalue weighted by Gasteiger charge is -2.08. The predicted molar refractivity (Wildman–Crippen MR) is 85.0 cm³/mol. The maximum absolute atomic E-state index is 6.17. The fraction of sp³-hybridized carbons (Fsp3) is 0.400. The van der Waals surface area contributed by atoms with Crippen molar-refractivity contribution in [2.45, 2.75) is 31.6 Å². The highest BCUT2D eigenvalue weighted by atomic mass is 35.5. The first-order chi connectivity index (χ1) is 10.1. The smallest absolute Gasteiger partial charge is 0.150 e. The topological polar surface area (TPSA) is 79.1 Å². The zero-order valence-corrected chi connectivity index (χ0v) is 12.7. The Hall–Kier alpha value is -1.88. The Morgan fingerprint density at radius 2 is 2.05 bits per heavy atom. The number of nitrogens with two attached hydrogens (primary N) is 2. The molecule has 21 heavy (non-hydrogen) atoms. The molecule has 1 aromatic carbocycles. The number of aromatic nitrogens is 2. The molecule has 0 spiro atoms. The van der Waals surface area contributed by atoms with Crippen LogP contribution < -0.4 is 16.3 Å². The van der Waals surface area contributed by atoms with E-state index in [1.165, 1.54) is 17.5 Å². The van der Waals surface area contributed by atoms with Gasteiger partial charge in [-0.05, 0) is 31.0 Å². The van der Waals surface area contributed by atoms with Crippen molar-refractivity contribution in [1.82, 2.24) is 9.66 Å². The number of halogens is 1. The Kier molecular flexibility index (Phi) is 3.68. The summed E-state index contributed by atoms with van der Waals surface area (Å²) in [4.78, 5) is 4.67. The fourth-order valence-corrected chi connectivity index (χ4v) is 3.22. The molecule has 2 aromatic rings. The average molecular weight is 307 g/mol. The van der Waals surface area contributed by atoms with E-state index in [1.807, 2.05) is 12.1 Å². The van der Waals surface area contributed by atoms with Crippen LogP contribution in [0.1, 0.15) is 37.4 Å². The van der Waals surface area contributed by atoms with Crippen molar-refractivity contribution in [1.29, 1.82) is 0 Å². The number of imidazole rings is 1. The number of anilines is 1. The number of rotatable bonds is 3. The molecule has 1 heterocycles. The van der Waals surface area contributed by atoms with Gasteiger partial charge in [0.2, 0.25) is 0 Å². The normalized spacial score (nSPS) is 15.5. The average Bonchev–Trinajstić information content (AvgIpc) is 3.09.